The summed E-state index contributed by atoms with van der Waals surface area (Å²) in [6, 6.07) is 11.1. The highest BCUT2D eigenvalue weighted by Crippen LogP contribution is 2.42. The van der Waals surface area contributed by atoms with Crippen molar-refractivity contribution < 1.29 is 35.8 Å². The molecule has 248 valence electrons. The molecule has 0 spiro atoms. The van der Waals surface area contributed by atoms with Crippen molar-refractivity contribution in [1.82, 2.24) is 20.1 Å². The van der Waals surface area contributed by atoms with Gasteiger partial charge in [-0.05, 0) is 55.0 Å². The number of hydrogen-bond donors (Lipinski definition) is 2. The summed E-state index contributed by atoms with van der Waals surface area (Å²) in [7, 11) is 0. The largest absolute Gasteiger partial charge is 0.416 e. The number of H-pyrrole nitrogens is 1. The number of aromatic amines is 1. The van der Waals surface area contributed by atoms with Crippen LogP contribution in [-0.2, 0) is 34.0 Å². The number of piperidine rings is 1. The third kappa shape index (κ3) is 7.31. The van der Waals surface area contributed by atoms with E-state index >= 15 is 0 Å². The minimum atomic E-state index is -4.96. The third-order valence-electron chi connectivity index (χ3n) is 9.07. The number of allylic oxidation sites excluding steroid dienone is 3. The molecule has 0 radical (unpaired) electrons. The lowest BCUT2D eigenvalue weighted by Gasteiger charge is -2.51. The smallest absolute Gasteiger partial charge is 0.374 e. The standard InChI is InChI=1S/C33H36F6N4O3/c1-22-8-6-7-11-28(22)31(20-46-23(2)25-14-26(32(34,35)36)16-27(15-25)33(37,38)39)13-12-30(18-40-31,43-21-41-42-29(43)44)19-45-17-24-9-4-3-5-10-24/h3-11,14-16,21-23,28,40H,12-13,17-20H2,1-2H3,(H,42,44)/t22?,23-,28?,30+,31-/m1/s1. The molecule has 5 rings (SSSR count). The van der Waals surface area contributed by atoms with Crippen LogP contribution in [0.15, 0.2) is 84.0 Å². The summed E-state index contributed by atoms with van der Waals surface area (Å²) in [6.45, 7) is 4.24. The van der Waals surface area contributed by atoms with Gasteiger partial charge in [0.2, 0.25) is 0 Å². The van der Waals surface area contributed by atoms with Gasteiger partial charge in [-0.2, -0.15) is 31.4 Å². The molecule has 1 saturated heterocycles. The van der Waals surface area contributed by atoms with E-state index in [9.17, 15) is 31.1 Å². The highest BCUT2D eigenvalue weighted by atomic mass is 19.4. The van der Waals surface area contributed by atoms with E-state index in [1.807, 2.05) is 61.6 Å². The van der Waals surface area contributed by atoms with Crippen LogP contribution in [-0.4, -0.2) is 40.1 Å². The van der Waals surface area contributed by atoms with Gasteiger partial charge in [-0.15, -0.1) is 0 Å². The molecule has 1 fully saturated rings. The lowest BCUT2D eigenvalue weighted by atomic mass is 9.68. The van der Waals surface area contributed by atoms with Crippen LogP contribution in [0.5, 0.6) is 0 Å². The Bertz CT molecular complexity index is 1550. The Morgan fingerprint density at radius 2 is 1.65 bits per heavy atom. The van der Waals surface area contributed by atoms with Gasteiger partial charge in [-0.1, -0.05) is 61.6 Å². The molecule has 7 nitrogen and oxygen atoms in total. The molecule has 46 heavy (non-hydrogen) atoms. The summed E-state index contributed by atoms with van der Waals surface area (Å²) in [4.78, 5) is 12.8. The van der Waals surface area contributed by atoms with Crippen molar-refractivity contribution in [2.45, 2.75) is 62.8 Å². The first-order valence-corrected chi connectivity index (χ1v) is 15.0. The Kier molecular flexibility index (Phi) is 9.67. The van der Waals surface area contributed by atoms with E-state index in [0.29, 0.717) is 31.6 Å². The van der Waals surface area contributed by atoms with Crippen LogP contribution in [0.3, 0.4) is 0 Å². The zero-order valence-electron chi connectivity index (χ0n) is 25.4. The minimum Gasteiger partial charge on any atom is -0.374 e. The zero-order valence-corrected chi connectivity index (χ0v) is 25.4. The lowest BCUT2D eigenvalue weighted by molar-refractivity contribution is -0.143. The molecule has 0 bridgehead atoms. The second-order valence-electron chi connectivity index (χ2n) is 12.2. The summed E-state index contributed by atoms with van der Waals surface area (Å²) in [5.41, 5.74) is -4.03. The molecule has 3 aromatic rings. The molecule has 13 heteroatoms. The van der Waals surface area contributed by atoms with Gasteiger partial charge in [0, 0.05) is 18.0 Å². The summed E-state index contributed by atoms with van der Waals surface area (Å²) in [5, 5.41) is 9.99. The summed E-state index contributed by atoms with van der Waals surface area (Å²) >= 11 is 0. The number of hydrogen-bond acceptors (Lipinski definition) is 5. The number of alkyl halides is 6. The van der Waals surface area contributed by atoms with Crippen molar-refractivity contribution in [3.05, 3.63) is 112 Å². The van der Waals surface area contributed by atoms with Gasteiger partial charge in [0.1, 0.15) is 6.33 Å². The molecule has 1 aliphatic heterocycles. The molecular formula is C33H36F6N4O3. The van der Waals surface area contributed by atoms with Gasteiger partial charge in [-0.25, -0.2) is 9.89 Å². The van der Waals surface area contributed by atoms with E-state index in [1.165, 1.54) is 17.8 Å². The molecule has 2 unspecified atom stereocenters. The molecule has 5 atom stereocenters. The Morgan fingerprint density at radius 1 is 0.978 bits per heavy atom. The molecule has 2 aliphatic rings. The van der Waals surface area contributed by atoms with Gasteiger partial charge in [0.15, 0.2) is 0 Å². The van der Waals surface area contributed by atoms with Crippen molar-refractivity contribution in [3.63, 3.8) is 0 Å². The summed E-state index contributed by atoms with van der Waals surface area (Å²) in [6.07, 6.45) is -0.783. The predicted molar refractivity (Wildman–Crippen MR) is 159 cm³/mol. The van der Waals surface area contributed by atoms with Crippen LogP contribution in [0.25, 0.3) is 0 Å². The van der Waals surface area contributed by atoms with Gasteiger partial charge in [0.05, 0.1) is 42.6 Å². The molecule has 1 aliphatic carbocycles. The maximum absolute atomic E-state index is 13.6. The highest BCUT2D eigenvalue weighted by Gasteiger charge is 2.49. The molecule has 1 aromatic heterocycles. The Labute approximate surface area is 262 Å². The van der Waals surface area contributed by atoms with Crippen LogP contribution in [0.4, 0.5) is 26.3 Å². The highest BCUT2D eigenvalue weighted by molar-refractivity contribution is 5.35. The summed E-state index contributed by atoms with van der Waals surface area (Å²) < 4.78 is 95.1. The SMILES string of the molecule is CC1C=CC=CC1[C@]1(CO[C@H](C)c2cc(C(F)(F)F)cc(C(F)(F)F)c2)CC[C@](COCc2ccccc2)(n2cn[nH]c2=O)CN1. The predicted octanol–water partition coefficient (Wildman–Crippen LogP) is 6.80. The van der Waals surface area contributed by atoms with Crippen molar-refractivity contribution in [2.75, 3.05) is 19.8 Å². The van der Waals surface area contributed by atoms with E-state index in [-0.39, 0.29) is 43.2 Å². The van der Waals surface area contributed by atoms with Crippen LogP contribution in [0.2, 0.25) is 0 Å². The Morgan fingerprint density at radius 3 is 2.22 bits per heavy atom. The van der Waals surface area contributed by atoms with Crippen LogP contribution in [0.1, 0.15) is 55.0 Å². The number of nitrogens with zero attached hydrogens (tertiary/aromatic N) is 2. The van der Waals surface area contributed by atoms with Gasteiger partial charge in [-0.3, -0.25) is 4.57 Å². The first-order valence-electron chi connectivity index (χ1n) is 15.0. The van der Waals surface area contributed by atoms with E-state index < -0.39 is 46.4 Å². The molecule has 2 heterocycles. The first-order chi connectivity index (χ1) is 21.7. The van der Waals surface area contributed by atoms with Gasteiger partial charge in [0.25, 0.3) is 0 Å². The molecule has 0 saturated carbocycles. The quantitative estimate of drug-likeness (QED) is 0.236. The summed E-state index contributed by atoms with van der Waals surface area (Å²) in [5.74, 6) is -0.0819. The molecular weight excluding hydrogens is 614 g/mol. The molecule has 2 N–H and O–H groups in total. The van der Waals surface area contributed by atoms with Crippen LogP contribution >= 0.6 is 0 Å². The maximum Gasteiger partial charge on any atom is 0.416 e. The fourth-order valence-electron chi connectivity index (χ4n) is 6.38. The van der Waals surface area contributed by atoms with Crippen molar-refractivity contribution >= 4 is 0 Å². The molecule has 2 aromatic carbocycles. The average Bonchev–Trinajstić information content (AvgIpc) is 3.47. The Balaban J connectivity index is 1.40. The normalized spacial score (nSPS) is 25.9. The monoisotopic (exact) mass is 650 g/mol. The van der Waals surface area contributed by atoms with Crippen LogP contribution in [0, 0.1) is 11.8 Å². The number of halogens is 6. The van der Waals surface area contributed by atoms with Gasteiger partial charge < -0.3 is 14.8 Å². The van der Waals surface area contributed by atoms with Gasteiger partial charge >= 0.3 is 18.0 Å². The second-order valence-corrected chi connectivity index (χ2v) is 12.2. The minimum absolute atomic E-state index is 0.0137. The second kappa shape index (κ2) is 13.2. The number of rotatable bonds is 10. The number of ether oxygens (including phenoxy) is 2. The lowest BCUT2D eigenvalue weighted by Crippen LogP contribution is -2.66. The van der Waals surface area contributed by atoms with Crippen molar-refractivity contribution in [1.29, 1.82) is 0 Å². The van der Waals surface area contributed by atoms with E-state index in [2.05, 4.69) is 15.5 Å². The van der Waals surface area contributed by atoms with Crippen molar-refractivity contribution in [2.24, 2.45) is 11.8 Å². The maximum atomic E-state index is 13.6. The first kappa shape index (κ1) is 33.7. The van der Waals surface area contributed by atoms with E-state index in [0.717, 1.165) is 5.56 Å². The third-order valence-corrected chi connectivity index (χ3v) is 9.07. The fourth-order valence-corrected chi connectivity index (χ4v) is 6.38. The zero-order chi connectivity index (χ0) is 33.2. The average molecular weight is 651 g/mol. The number of benzene rings is 2. The van der Waals surface area contributed by atoms with E-state index in [4.69, 9.17) is 9.47 Å². The Hall–Kier alpha value is -3.68. The van der Waals surface area contributed by atoms with Crippen LogP contribution < -0.4 is 11.0 Å². The number of nitrogens with one attached hydrogen (secondary N) is 2. The van der Waals surface area contributed by atoms with E-state index in [1.54, 1.807) is 0 Å². The topological polar surface area (TPSA) is 81.2 Å². The number of aromatic nitrogens is 3. The fraction of sp³-hybridized carbons (Fsp3) is 0.455. The van der Waals surface area contributed by atoms with Crippen molar-refractivity contribution in [3.8, 4) is 0 Å². The molecule has 0 amide bonds.